The van der Waals surface area contributed by atoms with E-state index in [4.69, 9.17) is 4.74 Å². The number of ketones is 1. The van der Waals surface area contributed by atoms with Gasteiger partial charge in [0.2, 0.25) is 5.78 Å². The largest absolute Gasteiger partial charge is 0.497 e. The highest BCUT2D eigenvalue weighted by molar-refractivity contribution is 6.42. The normalized spacial score (nSPS) is 14.6. The molecule has 1 aromatic rings. The summed E-state index contributed by atoms with van der Waals surface area (Å²) < 4.78 is 5.02. The zero-order valence-electron chi connectivity index (χ0n) is 7.66. The number of carbonyl (C=O) groups excluding carboxylic acids is 2. The minimum absolute atomic E-state index is 0.151. The predicted octanol–water partition coefficient (Wildman–Crippen LogP) is 0.759. The van der Waals surface area contributed by atoms with E-state index in [0.717, 1.165) is 5.56 Å². The summed E-state index contributed by atoms with van der Waals surface area (Å²) in [5.74, 6) is -0.263. The van der Waals surface area contributed by atoms with Crippen molar-refractivity contribution in [2.75, 3.05) is 12.4 Å². The maximum atomic E-state index is 11.1. The van der Waals surface area contributed by atoms with Gasteiger partial charge in [-0.05, 0) is 23.8 Å². The summed E-state index contributed by atoms with van der Waals surface area (Å²) in [5, 5.41) is 2.52. The summed E-state index contributed by atoms with van der Waals surface area (Å²) in [5.41, 5.74) is 1.49. The predicted molar refractivity (Wildman–Crippen MR) is 50.3 cm³/mol. The summed E-state index contributed by atoms with van der Waals surface area (Å²) in [6, 6.07) is 5.24. The maximum Gasteiger partial charge on any atom is 0.292 e. The summed E-state index contributed by atoms with van der Waals surface area (Å²) in [6.07, 6.45) is 0.151. The molecule has 14 heavy (non-hydrogen) atoms. The molecule has 0 fully saturated rings. The van der Waals surface area contributed by atoms with Crippen LogP contribution < -0.4 is 10.1 Å². The van der Waals surface area contributed by atoms with E-state index in [1.54, 1.807) is 25.3 Å². The van der Waals surface area contributed by atoms with Gasteiger partial charge in [0.25, 0.3) is 5.91 Å². The summed E-state index contributed by atoms with van der Waals surface area (Å²) >= 11 is 0. The molecule has 1 aromatic carbocycles. The van der Waals surface area contributed by atoms with Crippen LogP contribution in [-0.2, 0) is 16.0 Å². The molecule has 1 amide bonds. The first-order chi connectivity index (χ1) is 6.70. The molecule has 0 unspecified atom stereocenters. The van der Waals surface area contributed by atoms with Crippen LogP contribution in [0.25, 0.3) is 0 Å². The Morgan fingerprint density at radius 1 is 1.36 bits per heavy atom. The molecule has 72 valence electrons. The third-order valence-corrected chi connectivity index (χ3v) is 2.16. The quantitative estimate of drug-likeness (QED) is 0.667. The van der Waals surface area contributed by atoms with Gasteiger partial charge in [0, 0.05) is 12.1 Å². The smallest absolute Gasteiger partial charge is 0.292 e. The lowest BCUT2D eigenvalue weighted by Crippen LogP contribution is -2.29. The fourth-order valence-electron chi connectivity index (χ4n) is 1.41. The van der Waals surface area contributed by atoms with Gasteiger partial charge in [-0.15, -0.1) is 0 Å². The van der Waals surface area contributed by atoms with E-state index in [1.165, 1.54) is 0 Å². The van der Waals surface area contributed by atoms with Gasteiger partial charge in [-0.3, -0.25) is 9.59 Å². The number of Topliss-reactive ketones (excluding diaryl/α,β-unsaturated/α-hetero) is 1. The highest BCUT2D eigenvalue weighted by Crippen LogP contribution is 2.25. The molecule has 0 saturated heterocycles. The zero-order valence-corrected chi connectivity index (χ0v) is 7.66. The van der Waals surface area contributed by atoms with E-state index in [0.29, 0.717) is 11.4 Å². The third-order valence-electron chi connectivity index (χ3n) is 2.16. The van der Waals surface area contributed by atoms with Crippen LogP contribution in [0.2, 0.25) is 0 Å². The van der Waals surface area contributed by atoms with Gasteiger partial charge in [0.15, 0.2) is 0 Å². The van der Waals surface area contributed by atoms with Gasteiger partial charge >= 0.3 is 0 Å². The van der Waals surface area contributed by atoms with Crippen LogP contribution in [0.5, 0.6) is 5.75 Å². The second kappa shape index (κ2) is 3.14. The SMILES string of the molecule is COc1ccc2c(c1)CC(=O)C(=O)N2. The molecule has 0 saturated carbocycles. The Morgan fingerprint density at radius 3 is 2.86 bits per heavy atom. The number of nitrogens with one attached hydrogen (secondary N) is 1. The molecule has 0 aliphatic carbocycles. The molecule has 0 radical (unpaired) electrons. The molecule has 0 spiro atoms. The fourth-order valence-corrected chi connectivity index (χ4v) is 1.41. The number of anilines is 1. The van der Waals surface area contributed by atoms with Crippen molar-refractivity contribution in [1.82, 2.24) is 0 Å². The molecule has 1 aliphatic rings. The van der Waals surface area contributed by atoms with Crippen LogP contribution in [-0.4, -0.2) is 18.8 Å². The minimum Gasteiger partial charge on any atom is -0.497 e. The first kappa shape index (κ1) is 8.74. The van der Waals surface area contributed by atoms with Gasteiger partial charge < -0.3 is 10.1 Å². The van der Waals surface area contributed by atoms with Gasteiger partial charge in [0.1, 0.15) is 5.75 Å². The Labute approximate surface area is 80.9 Å². The Bertz CT molecular complexity index is 412. The average molecular weight is 191 g/mol. The van der Waals surface area contributed by atoms with Gasteiger partial charge in [-0.2, -0.15) is 0 Å². The topological polar surface area (TPSA) is 55.4 Å². The van der Waals surface area contributed by atoms with Gasteiger partial charge in [-0.1, -0.05) is 0 Å². The standard InChI is InChI=1S/C10H9NO3/c1-14-7-2-3-8-6(4-7)5-9(12)10(13)11-8/h2-4H,5H2,1H3,(H,11,13). The van der Waals surface area contributed by atoms with Crippen molar-refractivity contribution >= 4 is 17.4 Å². The molecular formula is C10H9NO3. The number of methoxy groups -OCH3 is 1. The number of carbonyl (C=O) groups is 2. The van der Waals surface area contributed by atoms with Crippen molar-refractivity contribution in [2.24, 2.45) is 0 Å². The van der Waals surface area contributed by atoms with Crippen molar-refractivity contribution in [3.8, 4) is 5.75 Å². The Hall–Kier alpha value is -1.84. The van der Waals surface area contributed by atoms with Gasteiger partial charge in [0.05, 0.1) is 7.11 Å². The van der Waals surface area contributed by atoms with Crippen LogP contribution in [0, 0.1) is 0 Å². The molecule has 4 heteroatoms. The van der Waals surface area contributed by atoms with Crippen molar-refractivity contribution in [3.05, 3.63) is 23.8 Å². The number of benzene rings is 1. The molecule has 4 nitrogen and oxygen atoms in total. The molecule has 0 aromatic heterocycles. The van der Waals surface area contributed by atoms with Crippen LogP contribution in [0.4, 0.5) is 5.69 Å². The lowest BCUT2D eigenvalue weighted by Gasteiger charge is -2.16. The van der Waals surface area contributed by atoms with Crippen LogP contribution in [0.1, 0.15) is 5.56 Å². The first-order valence-electron chi connectivity index (χ1n) is 4.22. The van der Waals surface area contributed by atoms with Crippen molar-refractivity contribution in [3.63, 3.8) is 0 Å². The average Bonchev–Trinajstić information content (AvgIpc) is 2.19. The van der Waals surface area contributed by atoms with Crippen LogP contribution in [0.3, 0.4) is 0 Å². The fraction of sp³-hybridized carbons (Fsp3) is 0.200. The summed E-state index contributed by atoms with van der Waals surface area (Å²) in [7, 11) is 1.56. The van der Waals surface area contributed by atoms with E-state index in [2.05, 4.69) is 5.32 Å². The molecular weight excluding hydrogens is 182 g/mol. The second-order valence-corrected chi connectivity index (χ2v) is 3.08. The van der Waals surface area contributed by atoms with E-state index < -0.39 is 11.7 Å². The molecule has 0 bridgehead atoms. The lowest BCUT2D eigenvalue weighted by atomic mass is 10.0. The summed E-state index contributed by atoms with van der Waals surface area (Å²) in [6.45, 7) is 0. The van der Waals surface area contributed by atoms with Crippen molar-refractivity contribution in [1.29, 1.82) is 0 Å². The number of hydrogen-bond acceptors (Lipinski definition) is 3. The molecule has 1 aliphatic heterocycles. The molecule has 0 atom stereocenters. The third kappa shape index (κ3) is 1.35. The van der Waals surface area contributed by atoms with E-state index >= 15 is 0 Å². The van der Waals surface area contributed by atoms with Gasteiger partial charge in [-0.25, -0.2) is 0 Å². The van der Waals surface area contributed by atoms with E-state index in [-0.39, 0.29) is 6.42 Å². The zero-order chi connectivity index (χ0) is 10.1. The molecule has 1 N–H and O–H groups in total. The number of amides is 1. The molecule has 2 rings (SSSR count). The second-order valence-electron chi connectivity index (χ2n) is 3.08. The summed E-state index contributed by atoms with van der Waals surface area (Å²) in [4.78, 5) is 22.1. The lowest BCUT2D eigenvalue weighted by molar-refractivity contribution is -0.134. The number of fused-ring (bicyclic) bond motifs is 1. The van der Waals surface area contributed by atoms with Crippen LogP contribution >= 0.6 is 0 Å². The number of ether oxygens (including phenoxy) is 1. The maximum absolute atomic E-state index is 11.1. The van der Waals surface area contributed by atoms with Crippen molar-refractivity contribution < 1.29 is 14.3 Å². The molecule has 1 heterocycles. The Kier molecular flexibility index (Phi) is 1.96. The van der Waals surface area contributed by atoms with Crippen molar-refractivity contribution in [2.45, 2.75) is 6.42 Å². The van der Waals surface area contributed by atoms with E-state index in [9.17, 15) is 9.59 Å². The monoisotopic (exact) mass is 191 g/mol. The first-order valence-corrected chi connectivity index (χ1v) is 4.22. The minimum atomic E-state index is -0.539. The Balaban J connectivity index is 2.42. The number of hydrogen-bond donors (Lipinski definition) is 1. The number of rotatable bonds is 1. The highest BCUT2D eigenvalue weighted by Gasteiger charge is 2.23. The van der Waals surface area contributed by atoms with Crippen LogP contribution in [0.15, 0.2) is 18.2 Å². The highest BCUT2D eigenvalue weighted by atomic mass is 16.5. The Morgan fingerprint density at radius 2 is 2.14 bits per heavy atom. The van der Waals surface area contributed by atoms with E-state index in [1.807, 2.05) is 0 Å².